The molecule has 116 valence electrons. The van der Waals surface area contributed by atoms with Gasteiger partial charge >= 0.3 is 0 Å². The monoisotopic (exact) mass is 337 g/mol. The average Bonchev–Trinajstić information content (AvgIpc) is 2.71. The van der Waals surface area contributed by atoms with Gasteiger partial charge in [-0.3, -0.25) is 10.2 Å². The van der Waals surface area contributed by atoms with Crippen molar-refractivity contribution in [3.63, 3.8) is 0 Å². The van der Waals surface area contributed by atoms with E-state index in [9.17, 15) is 4.79 Å². The van der Waals surface area contributed by atoms with Gasteiger partial charge in [0.1, 0.15) is 17.9 Å². The van der Waals surface area contributed by atoms with Crippen LogP contribution in [0.25, 0.3) is 0 Å². The van der Waals surface area contributed by atoms with Crippen LogP contribution in [0.5, 0.6) is 11.5 Å². The lowest BCUT2D eigenvalue weighted by atomic mass is 10.1. The van der Waals surface area contributed by atoms with Gasteiger partial charge in [-0.05, 0) is 36.4 Å². The minimum Gasteiger partial charge on any atom is -0.454 e. The van der Waals surface area contributed by atoms with Crippen LogP contribution in [-0.2, 0) is 0 Å². The summed E-state index contributed by atoms with van der Waals surface area (Å²) in [6, 6.07) is 12.9. The fraction of sp³-hybridized carbons (Fsp3) is 0. The molecule has 0 saturated carbocycles. The number of hydrogen-bond donors (Lipinski definition) is 2. The highest BCUT2D eigenvalue weighted by Crippen LogP contribution is 2.37. The second kappa shape index (κ2) is 6.29. The number of halogens is 1. The molecule has 24 heavy (non-hydrogen) atoms. The summed E-state index contributed by atoms with van der Waals surface area (Å²) >= 11 is 5.93. The molecule has 0 bridgehead atoms. The predicted molar refractivity (Wildman–Crippen MR) is 88.2 cm³/mol. The van der Waals surface area contributed by atoms with Crippen LogP contribution < -0.4 is 15.5 Å². The van der Waals surface area contributed by atoms with Gasteiger partial charge in [-0.25, -0.2) is 0 Å². The van der Waals surface area contributed by atoms with E-state index in [1.54, 1.807) is 42.5 Å². The number of amides is 1. The van der Waals surface area contributed by atoms with Crippen LogP contribution in [0.2, 0.25) is 5.02 Å². The maximum atomic E-state index is 12.4. The number of nitrogens with one attached hydrogen (secondary N) is 2. The highest BCUT2D eigenvalue weighted by atomic mass is 35.5. The highest BCUT2D eigenvalue weighted by Gasteiger charge is 2.21. The van der Waals surface area contributed by atoms with Crippen molar-refractivity contribution in [3.05, 3.63) is 47.0 Å². The normalized spacial score (nSPS) is 11.4. The molecule has 8 heteroatoms. The first-order valence-electron chi connectivity index (χ1n) is 6.67. The van der Waals surface area contributed by atoms with Crippen molar-refractivity contribution in [1.29, 1.82) is 10.5 Å². The number of benzene rings is 2. The number of hydrogen-bond acceptors (Lipinski definition) is 6. The van der Waals surface area contributed by atoms with E-state index in [0.29, 0.717) is 27.9 Å². The van der Waals surface area contributed by atoms with Crippen LogP contribution in [0.3, 0.4) is 0 Å². The molecule has 1 heterocycles. The largest absolute Gasteiger partial charge is 0.454 e. The Bertz CT molecular complexity index is 940. The van der Waals surface area contributed by atoms with E-state index in [0.717, 1.165) is 0 Å². The molecule has 0 atom stereocenters. The van der Waals surface area contributed by atoms with Gasteiger partial charge < -0.3 is 10.1 Å². The number of anilines is 2. The fourth-order valence-electron chi connectivity index (χ4n) is 2.06. The quantitative estimate of drug-likeness (QED) is 0.643. The molecule has 0 aliphatic carbocycles. The van der Waals surface area contributed by atoms with Crippen LogP contribution in [-0.4, -0.2) is 11.6 Å². The Morgan fingerprint density at radius 3 is 2.67 bits per heavy atom. The van der Waals surface area contributed by atoms with E-state index in [4.69, 9.17) is 26.9 Å². The van der Waals surface area contributed by atoms with E-state index < -0.39 is 0 Å². The molecule has 0 saturated heterocycles. The van der Waals surface area contributed by atoms with Crippen LogP contribution in [0.1, 0.15) is 10.4 Å². The summed E-state index contributed by atoms with van der Waals surface area (Å²) in [5, 5.41) is 24.1. The number of carbonyl (C=O) groups excluding carboxylic acids is 1. The number of nitrogens with zero attached hydrogens (tertiary/aromatic N) is 3. The first kappa shape index (κ1) is 15.3. The summed E-state index contributed by atoms with van der Waals surface area (Å²) in [6.45, 7) is 0. The average molecular weight is 338 g/mol. The predicted octanol–water partition coefficient (Wildman–Crippen LogP) is 3.51. The van der Waals surface area contributed by atoms with Crippen molar-refractivity contribution in [2.45, 2.75) is 0 Å². The molecule has 1 aliphatic rings. The molecular weight excluding hydrogens is 330 g/mol. The Hall–Kier alpha value is -3.55. The molecule has 1 aliphatic heterocycles. The lowest BCUT2D eigenvalue weighted by molar-refractivity contribution is 0.102. The van der Waals surface area contributed by atoms with E-state index in [1.165, 1.54) is 6.07 Å². The van der Waals surface area contributed by atoms with Crippen molar-refractivity contribution in [2.24, 2.45) is 5.10 Å². The Morgan fingerprint density at radius 1 is 1.17 bits per heavy atom. The summed E-state index contributed by atoms with van der Waals surface area (Å²) in [7, 11) is 0. The number of fused-ring (bicyclic) bond motifs is 2. The lowest BCUT2D eigenvalue weighted by Gasteiger charge is -2.08. The first-order chi connectivity index (χ1) is 11.6. The van der Waals surface area contributed by atoms with Crippen molar-refractivity contribution >= 4 is 34.6 Å². The standard InChI is InChI=1S/C16H8ClN5O2/c17-9-1-3-15-13(5-9)20-16(23)12-6-10(2-4-14(12)24-15)21-22-11(7-18)8-19/h1-6,21H,(H,20,23). The second-order valence-electron chi connectivity index (χ2n) is 4.70. The SMILES string of the molecule is N#CC(C#N)=NNc1ccc2c(c1)C(=O)Nc1cc(Cl)ccc1O2. The zero-order valence-electron chi connectivity index (χ0n) is 12.0. The van der Waals surface area contributed by atoms with Gasteiger partial charge in [-0.15, -0.1) is 0 Å². The molecule has 2 aromatic carbocycles. The summed E-state index contributed by atoms with van der Waals surface area (Å²) in [6.07, 6.45) is 0. The first-order valence-corrected chi connectivity index (χ1v) is 7.05. The molecule has 2 aromatic rings. The van der Waals surface area contributed by atoms with Gasteiger partial charge in [0.05, 0.1) is 16.9 Å². The lowest BCUT2D eigenvalue weighted by Crippen LogP contribution is -2.10. The van der Waals surface area contributed by atoms with E-state index in [1.807, 2.05) is 0 Å². The van der Waals surface area contributed by atoms with Gasteiger partial charge in [-0.1, -0.05) is 11.6 Å². The zero-order chi connectivity index (χ0) is 17.1. The number of rotatable bonds is 2. The third-order valence-corrected chi connectivity index (χ3v) is 3.38. The molecule has 7 nitrogen and oxygen atoms in total. The number of hydrazone groups is 1. The molecule has 0 fully saturated rings. The molecule has 3 rings (SSSR count). The molecule has 2 N–H and O–H groups in total. The molecule has 1 amide bonds. The van der Waals surface area contributed by atoms with Crippen LogP contribution in [0.15, 0.2) is 41.5 Å². The molecule has 0 radical (unpaired) electrons. The Labute approximate surface area is 141 Å². The Morgan fingerprint density at radius 2 is 1.92 bits per heavy atom. The van der Waals surface area contributed by atoms with Crippen molar-refractivity contribution in [1.82, 2.24) is 0 Å². The Balaban J connectivity index is 1.95. The van der Waals surface area contributed by atoms with Crippen molar-refractivity contribution in [3.8, 4) is 23.6 Å². The maximum Gasteiger partial charge on any atom is 0.259 e. The summed E-state index contributed by atoms with van der Waals surface area (Å²) in [5.74, 6) is 0.463. The van der Waals surface area contributed by atoms with Crippen molar-refractivity contribution in [2.75, 3.05) is 10.7 Å². The second-order valence-corrected chi connectivity index (χ2v) is 5.14. The minimum absolute atomic E-state index is 0.276. The van der Waals surface area contributed by atoms with Crippen LogP contribution in [0.4, 0.5) is 11.4 Å². The highest BCUT2D eigenvalue weighted by molar-refractivity contribution is 6.31. The smallest absolute Gasteiger partial charge is 0.259 e. The van der Waals surface area contributed by atoms with Crippen molar-refractivity contribution < 1.29 is 9.53 Å². The summed E-state index contributed by atoms with van der Waals surface area (Å²) in [4.78, 5) is 12.4. The van der Waals surface area contributed by atoms with Gasteiger partial charge in [0, 0.05) is 5.02 Å². The van der Waals surface area contributed by atoms with Gasteiger partial charge in [-0.2, -0.15) is 15.6 Å². The topological polar surface area (TPSA) is 110 Å². The molecule has 0 spiro atoms. The molecule has 0 unspecified atom stereocenters. The number of ether oxygens (including phenoxy) is 1. The van der Waals surface area contributed by atoms with Crippen LogP contribution >= 0.6 is 11.6 Å². The minimum atomic E-state index is -0.376. The number of carbonyl (C=O) groups is 1. The fourth-order valence-corrected chi connectivity index (χ4v) is 2.23. The van der Waals surface area contributed by atoms with Gasteiger partial charge in [0.15, 0.2) is 5.75 Å². The van der Waals surface area contributed by atoms with Gasteiger partial charge in [0.2, 0.25) is 5.71 Å². The summed E-state index contributed by atoms with van der Waals surface area (Å²) in [5.41, 5.74) is 3.40. The Kier molecular flexibility index (Phi) is 4.02. The van der Waals surface area contributed by atoms with E-state index >= 15 is 0 Å². The third-order valence-electron chi connectivity index (χ3n) is 3.14. The van der Waals surface area contributed by atoms with Crippen LogP contribution in [0, 0.1) is 22.7 Å². The number of nitriles is 2. The molecular formula is C16H8ClN5O2. The van der Waals surface area contributed by atoms with Gasteiger partial charge in [0.25, 0.3) is 5.91 Å². The summed E-state index contributed by atoms with van der Waals surface area (Å²) < 4.78 is 5.74. The maximum absolute atomic E-state index is 12.4. The van der Waals surface area contributed by atoms with E-state index in [-0.39, 0.29) is 17.2 Å². The van der Waals surface area contributed by atoms with E-state index in [2.05, 4.69) is 15.8 Å². The zero-order valence-corrected chi connectivity index (χ0v) is 12.8. The third kappa shape index (κ3) is 2.98. The molecule has 0 aromatic heterocycles.